The molecule has 2 aliphatic carbocycles. The van der Waals surface area contributed by atoms with Crippen LogP contribution in [0, 0.1) is 0 Å². The second-order valence-corrected chi connectivity index (χ2v) is 7.48. The standard InChI is InChI=1S/C22H26O2/c23-21-11-7-15-13-17(21)5-3-1-2-4-6-18-14-16(8-12-22(18)24)20-10-9-19(15)20/h7-8,11-14,19-20,23-24H,1-6,9-10H2. The molecule has 4 bridgehead atoms. The van der Waals surface area contributed by atoms with E-state index in [4.69, 9.17) is 0 Å². The maximum absolute atomic E-state index is 10.2. The predicted octanol–water partition coefficient (Wildman–Crippen LogP) is 5.42. The molecule has 126 valence electrons. The highest BCUT2D eigenvalue weighted by Crippen LogP contribution is 2.50. The van der Waals surface area contributed by atoms with Crippen LogP contribution in [0.1, 0.15) is 72.6 Å². The van der Waals surface area contributed by atoms with Crippen LogP contribution in [0.2, 0.25) is 0 Å². The van der Waals surface area contributed by atoms with Gasteiger partial charge in [-0.2, -0.15) is 0 Å². The molecule has 0 aromatic heterocycles. The topological polar surface area (TPSA) is 40.5 Å². The fourth-order valence-electron chi connectivity index (χ4n) is 4.36. The normalized spacial score (nSPS) is 23.7. The molecule has 2 aromatic carbocycles. The number of hydrogen-bond acceptors (Lipinski definition) is 2. The summed E-state index contributed by atoms with van der Waals surface area (Å²) in [4.78, 5) is 0. The Morgan fingerprint density at radius 2 is 1.08 bits per heavy atom. The van der Waals surface area contributed by atoms with Gasteiger partial charge >= 0.3 is 0 Å². The highest BCUT2D eigenvalue weighted by atomic mass is 16.3. The highest BCUT2D eigenvalue weighted by molar-refractivity contribution is 5.43. The lowest BCUT2D eigenvalue weighted by Crippen LogP contribution is -2.22. The van der Waals surface area contributed by atoms with E-state index in [2.05, 4.69) is 24.3 Å². The molecular weight excluding hydrogens is 296 g/mol. The van der Waals surface area contributed by atoms with E-state index in [1.165, 1.54) is 36.8 Å². The van der Waals surface area contributed by atoms with Crippen molar-refractivity contribution in [3.63, 3.8) is 0 Å². The summed E-state index contributed by atoms with van der Waals surface area (Å²) in [6, 6.07) is 12.4. The molecule has 24 heavy (non-hydrogen) atoms. The maximum Gasteiger partial charge on any atom is 0.118 e. The number of phenols is 2. The molecule has 4 rings (SSSR count). The van der Waals surface area contributed by atoms with Crippen molar-refractivity contribution in [3.05, 3.63) is 58.7 Å². The van der Waals surface area contributed by atoms with Crippen LogP contribution >= 0.6 is 0 Å². The Morgan fingerprint density at radius 1 is 0.625 bits per heavy atom. The number of benzene rings is 2. The molecule has 0 aliphatic heterocycles. The van der Waals surface area contributed by atoms with Gasteiger partial charge in [0.2, 0.25) is 0 Å². The first-order chi connectivity index (χ1) is 11.7. The van der Waals surface area contributed by atoms with Crippen molar-refractivity contribution >= 4 is 0 Å². The van der Waals surface area contributed by atoms with Crippen molar-refractivity contribution in [2.24, 2.45) is 0 Å². The number of phenolic OH excluding ortho intramolecular Hbond substituents is 2. The summed E-state index contributed by atoms with van der Waals surface area (Å²) in [5.41, 5.74) is 4.96. The van der Waals surface area contributed by atoms with Crippen LogP contribution in [-0.4, -0.2) is 10.2 Å². The quantitative estimate of drug-likeness (QED) is 0.680. The fraction of sp³-hybridized carbons (Fsp3) is 0.455. The third-order valence-corrected chi connectivity index (χ3v) is 5.98. The van der Waals surface area contributed by atoms with Gasteiger partial charge in [0.1, 0.15) is 11.5 Å². The van der Waals surface area contributed by atoms with Gasteiger partial charge in [0.15, 0.2) is 0 Å². The number of rotatable bonds is 0. The number of aromatic hydroxyl groups is 2. The Hall–Kier alpha value is -1.96. The number of fused-ring (bicyclic) bond motifs is 7. The highest BCUT2D eigenvalue weighted by Gasteiger charge is 2.33. The molecule has 0 spiro atoms. The summed E-state index contributed by atoms with van der Waals surface area (Å²) in [7, 11) is 0. The van der Waals surface area contributed by atoms with Crippen molar-refractivity contribution in [1.82, 2.24) is 0 Å². The van der Waals surface area contributed by atoms with Crippen molar-refractivity contribution in [3.8, 4) is 11.5 Å². The van der Waals surface area contributed by atoms with Crippen molar-refractivity contribution in [2.45, 2.75) is 63.2 Å². The van der Waals surface area contributed by atoms with Gasteiger partial charge in [-0.15, -0.1) is 0 Å². The van der Waals surface area contributed by atoms with E-state index in [0.29, 0.717) is 23.3 Å². The molecule has 2 heteroatoms. The summed E-state index contributed by atoms with van der Waals surface area (Å²) >= 11 is 0. The van der Waals surface area contributed by atoms with E-state index < -0.39 is 0 Å². The van der Waals surface area contributed by atoms with Crippen LogP contribution in [-0.2, 0) is 12.8 Å². The molecule has 2 N–H and O–H groups in total. The smallest absolute Gasteiger partial charge is 0.118 e. The van der Waals surface area contributed by atoms with Crippen molar-refractivity contribution in [2.75, 3.05) is 0 Å². The van der Waals surface area contributed by atoms with E-state index in [9.17, 15) is 10.2 Å². The zero-order valence-corrected chi connectivity index (χ0v) is 14.2. The predicted molar refractivity (Wildman–Crippen MR) is 96.8 cm³/mol. The summed E-state index contributed by atoms with van der Waals surface area (Å²) in [6.07, 6.45) is 8.96. The summed E-state index contributed by atoms with van der Waals surface area (Å²) in [5, 5.41) is 20.3. The summed E-state index contributed by atoms with van der Waals surface area (Å²) in [6.45, 7) is 0. The Morgan fingerprint density at radius 3 is 1.50 bits per heavy atom. The zero-order chi connectivity index (χ0) is 16.5. The van der Waals surface area contributed by atoms with Crippen LogP contribution in [0.5, 0.6) is 11.5 Å². The van der Waals surface area contributed by atoms with Gasteiger partial charge in [-0.1, -0.05) is 37.1 Å². The molecule has 0 saturated heterocycles. The summed E-state index contributed by atoms with van der Waals surface area (Å²) < 4.78 is 0. The van der Waals surface area contributed by atoms with E-state index >= 15 is 0 Å². The first-order valence-electron chi connectivity index (χ1n) is 9.36. The minimum Gasteiger partial charge on any atom is -0.508 e. The Bertz CT molecular complexity index is 671. The van der Waals surface area contributed by atoms with E-state index in [1.54, 1.807) is 0 Å². The second-order valence-electron chi connectivity index (χ2n) is 7.48. The average Bonchev–Trinajstić information content (AvgIpc) is 2.54. The SMILES string of the molecule is Oc1ccc2cc1CCCCCCc1cc(ccc1O)C1CCC21. The lowest BCUT2D eigenvalue weighted by Gasteiger charge is -2.38. The van der Waals surface area contributed by atoms with Crippen LogP contribution in [0.15, 0.2) is 36.4 Å². The zero-order valence-electron chi connectivity index (χ0n) is 14.2. The summed E-state index contributed by atoms with van der Waals surface area (Å²) in [5.74, 6) is 2.00. The Kier molecular flexibility index (Phi) is 4.22. The first-order valence-corrected chi connectivity index (χ1v) is 9.36. The molecule has 0 heterocycles. The molecule has 2 aliphatic rings. The van der Waals surface area contributed by atoms with E-state index in [1.807, 2.05) is 12.1 Å². The first kappa shape index (κ1) is 15.6. The molecule has 2 nitrogen and oxygen atoms in total. The van der Waals surface area contributed by atoms with Crippen LogP contribution < -0.4 is 0 Å². The molecule has 1 fully saturated rings. The van der Waals surface area contributed by atoms with E-state index in [0.717, 1.165) is 36.8 Å². The van der Waals surface area contributed by atoms with Gasteiger partial charge in [-0.05, 0) is 84.7 Å². The van der Waals surface area contributed by atoms with Gasteiger partial charge in [0.25, 0.3) is 0 Å². The lowest BCUT2D eigenvalue weighted by atomic mass is 9.66. The molecule has 2 aromatic rings. The lowest BCUT2D eigenvalue weighted by molar-refractivity contribution is 0.345. The van der Waals surface area contributed by atoms with Crippen LogP contribution in [0.3, 0.4) is 0 Å². The van der Waals surface area contributed by atoms with Crippen LogP contribution in [0.4, 0.5) is 0 Å². The molecule has 0 amide bonds. The van der Waals surface area contributed by atoms with Gasteiger partial charge in [0.05, 0.1) is 0 Å². The minimum absolute atomic E-state index is 0.452. The Labute approximate surface area is 144 Å². The molecule has 1 saturated carbocycles. The molecule has 0 radical (unpaired) electrons. The van der Waals surface area contributed by atoms with Crippen LogP contribution in [0.25, 0.3) is 0 Å². The van der Waals surface area contributed by atoms with Gasteiger partial charge in [-0.25, -0.2) is 0 Å². The molecule has 2 unspecified atom stereocenters. The van der Waals surface area contributed by atoms with Gasteiger partial charge in [0, 0.05) is 0 Å². The molecule has 2 atom stereocenters. The van der Waals surface area contributed by atoms with E-state index in [-0.39, 0.29) is 0 Å². The number of aryl methyl sites for hydroxylation is 2. The minimum atomic E-state index is 0.452. The van der Waals surface area contributed by atoms with Gasteiger partial charge < -0.3 is 10.2 Å². The second kappa shape index (κ2) is 6.51. The monoisotopic (exact) mass is 322 g/mol. The average molecular weight is 322 g/mol. The maximum atomic E-state index is 10.2. The van der Waals surface area contributed by atoms with Gasteiger partial charge in [-0.3, -0.25) is 0 Å². The van der Waals surface area contributed by atoms with Crippen molar-refractivity contribution < 1.29 is 10.2 Å². The Balaban J connectivity index is 1.71. The number of hydrogen-bond donors (Lipinski definition) is 2. The fourth-order valence-corrected chi connectivity index (χ4v) is 4.36. The van der Waals surface area contributed by atoms with Crippen molar-refractivity contribution in [1.29, 1.82) is 0 Å². The third kappa shape index (κ3) is 2.90. The third-order valence-electron chi connectivity index (χ3n) is 5.98. The molecular formula is C22H26O2. The largest absolute Gasteiger partial charge is 0.508 e.